The van der Waals surface area contributed by atoms with Crippen molar-refractivity contribution in [3.63, 3.8) is 0 Å². The van der Waals surface area contributed by atoms with Gasteiger partial charge in [-0.2, -0.15) is 13.2 Å². The molecule has 0 amide bonds. The highest BCUT2D eigenvalue weighted by atomic mass is 19.4. The number of halogens is 3. The summed E-state index contributed by atoms with van der Waals surface area (Å²) in [5, 5.41) is 0. The van der Waals surface area contributed by atoms with E-state index in [1.54, 1.807) is 25.1 Å². The third-order valence-electron chi connectivity index (χ3n) is 6.36. The molecule has 1 aromatic rings. The van der Waals surface area contributed by atoms with Crippen molar-refractivity contribution in [1.29, 1.82) is 0 Å². The lowest BCUT2D eigenvalue weighted by molar-refractivity contribution is -0.169. The predicted octanol–water partition coefficient (Wildman–Crippen LogP) is 4.80. The summed E-state index contributed by atoms with van der Waals surface area (Å²) in [5.74, 6) is 0.252. The molecule has 0 saturated heterocycles. The van der Waals surface area contributed by atoms with Crippen molar-refractivity contribution in [1.82, 2.24) is 14.8 Å². The van der Waals surface area contributed by atoms with Crippen molar-refractivity contribution in [2.45, 2.75) is 64.8 Å². The van der Waals surface area contributed by atoms with Crippen molar-refractivity contribution in [2.24, 2.45) is 0 Å². The summed E-state index contributed by atoms with van der Waals surface area (Å²) in [6, 6.07) is 2.02. The summed E-state index contributed by atoms with van der Waals surface area (Å²) >= 11 is 0. The fraction of sp³-hybridized carbons (Fsp3) is 0.565. The van der Waals surface area contributed by atoms with E-state index in [9.17, 15) is 18.0 Å². The number of aromatic nitrogens is 1. The van der Waals surface area contributed by atoms with Gasteiger partial charge in [-0.1, -0.05) is 19.4 Å². The molecular weight excluding hydrogens is 407 g/mol. The molecule has 0 fully saturated rings. The third-order valence-corrected chi connectivity index (χ3v) is 6.36. The van der Waals surface area contributed by atoms with E-state index >= 15 is 0 Å². The van der Waals surface area contributed by atoms with Crippen molar-refractivity contribution < 1.29 is 22.7 Å². The van der Waals surface area contributed by atoms with Crippen LogP contribution in [0.25, 0.3) is 0 Å². The van der Waals surface area contributed by atoms with Crippen molar-refractivity contribution >= 4 is 6.29 Å². The highest BCUT2D eigenvalue weighted by Gasteiger charge is 2.45. The topological polar surface area (TPSA) is 45.7 Å². The second kappa shape index (κ2) is 8.65. The highest BCUT2D eigenvalue weighted by molar-refractivity contribution is 5.75. The van der Waals surface area contributed by atoms with Crippen LogP contribution in [0.4, 0.5) is 13.2 Å². The first-order valence-electron chi connectivity index (χ1n) is 10.5. The zero-order chi connectivity index (χ0) is 23.0. The number of fused-ring (bicyclic) bond motifs is 1. The first-order valence-corrected chi connectivity index (χ1v) is 10.5. The minimum atomic E-state index is -4.38. The van der Waals surface area contributed by atoms with Crippen molar-refractivity contribution in [2.75, 3.05) is 20.2 Å². The molecule has 2 atom stereocenters. The zero-order valence-corrected chi connectivity index (χ0v) is 18.7. The summed E-state index contributed by atoms with van der Waals surface area (Å²) < 4.78 is 42.9. The van der Waals surface area contributed by atoms with Gasteiger partial charge >= 0.3 is 6.18 Å². The minimum Gasteiger partial charge on any atom is -0.469 e. The molecule has 0 N–H and O–H groups in total. The molecule has 5 nitrogen and oxygen atoms in total. The van der Waals surface area contributed by atoms with E-state index in [0.29, 0.717) is 24.4 Å². The molecule has 1 aromatic heterocycles. The largest absolute Gasteiger partial charge is 0.469 e. The Kier molecular flexibility index (Phi) is 6.51. The van der Waals surface area contributed by atoms with Gasteiger partial charge < -0.3 is 9.64 Å². The molecule has 3 rings (SSSR count). The standard InChI is InChI=1S/C23H30F3N3O2/c1-6-8-22(4)19-7-9-27-20(13-30)18(19)12-29(22)16(3)17-10-15(2)21(28(5)11-17)31-14-23(24,25)26/h7,9-10,13,16H,6,8,11-12,14H2,1-5H3. The second-order valence-corrected chi connectivity index (χ2v) is 8.64. The van der Waals surface area contributed by atoms with Crippen LogP contribution in [0, 0.1) is 0 Å². The van der Waals surface area contributed by atoms with Gasteiger partial charge in [0, 0.05) is 49.1 Å². The number of hydrogen-bond donors (Lipinski definition) is 0. The third kappa shape index (κ3) is 4.49. The summed E-state index contributed by atoms with van der Waals surface area (Å²) in [4.78, 5) is 19.9. The maximum Gasteiger partial charge on any atom is 0.422 e. The van der Waals surface area contributed by atoms with E-state index in [4.69, 9.17) is 4.74 Å². The van der Waals surface area contributed by atoms with Crippen LogP contribution in [0.15, 0.2) is 35.4 Å². The average Bonchev–Trinajstić information content (AvgIpc) is 2.98. The SMILES string of the molecule is CCCC1(C)c2ccnc(C=O)c2CN1C(C)C1=CC(C)=C(OCC(F)(F)F)N(C)C1. The van der Waals surface area contributed by atoms with Gasteiger partial charge in [-0.25, -0.2) is 0 Å². The molecule has 3 heterocycles. The maximum absolute atomic E-state index is 12.6. The molecule has 2 unspecified atom stereocenters. The van der Waals surface area contributed by atoms with E-state index in [1.807, 2.05) is 12.1 Å². The number of nitrogens with zero attached hydrogens (tertiary/aromatic N) is 3. The molecular formula is C23H30F3N3O2. The Balaban J connectivity index is 1.92. The number of carbonyl (C=O) groups is 1. The Morgan fingerprint density at radius 3 is 2.65 bits per heavy atom. The van der Waals surface area contributed by atoms with Crippen LogP contribution < -0.4 is 0 Å². The molecule has 0 spiro atoms. The van der Waals surface area contributed by atoms with Gasteiger partial charge in [-0.3, -0.25) is 14.7 Å². The minimum absolute atomic E-state index is 0.0185. The lowest BCUT2D eigenvalue weighted by Crippen LogP contribution is -2.46. The van der Waals surface area contributed by atoms with E-state index in [1.165, 1.54) is 0 Å². The van der Waals surface area contributed by atoms with E-state index in [2.05, 4.69) is 30.7 Å². The highest BCUT2D eigenvalue weighted by Crippen LogP contribution is 2.45. The number of hydrogen-bond acceptors (Lipinski definition) is 5. The van der Waals surface area contributed by atoms with Gasteiger partial charge in [0.2, 0.25) is 0 Å². The van der Waals surface area contributed by atoms with Crippen LogP contribution in [0.2, 0.25) is 0 Å². The van der Waals surface area contributed by atoms with Gasteiger partial charge in [0.25, 0.3) is 0 Å². The quantitative estimate of drug-likeness (QED) is 0.574. The monoisotopic (exact) mass is 437 g/mol. The summed E-state index contributed by atoms with van der Waals surface area (Å²) in [7, 11) is 1.74. The number of allylic oxidation sites excluding steroid dienone is 2. The number of pyridine rings is 1. The predicted molar refractivity (Wildman–Crippen MR) is 112 cm³/mol. The molecule has 2 aliphatic rings. The smallest absolute Gasteiger partial charge is 0.422 e. The molecule has 0 saturated carbocycles. The normalized spacial score (nSPS) is 23.0. The number of aldehydes is 1. The number of rotatable bonds is 7. The summed E-state index contributed by atoms with van der Waals surface area (Å²) in [6.45, 7) is 7.99. The fourth-order valence-electron chi connectivity index (χ4n) is 4.97. The van der Waals surface area contributed by atoms with Crippen LogP contribution >= 0.6 is 0 Å². The Labute approximate surface area is 181 Å². The van der Waals surface area contributed by atoms with Gasteiger partial charge in [0.05, 0.1) is 0 Å². The van der Waals surface area contributed by atoms with Crippen LogP contribution in [0.1, 0.15) is 62.2 Å². The van der Waals surface area contributed by atoms with Crippen molar-refractivity contribution in [3.8, 4) is 0 Å². The lowest BCUT2D eigenvalue weighted by atomic mass is 9.86. The lowest BCUT2D eigenvalue weighted by Gasteiger charge is -2.42. The Morgan fingerprint density at radius 2 is 2.06 bits per heavy atom. The second-order valence-electron chi connectivity index (χ2n) is 8.64. The molecule has 2 aliphatic heterocycles. The fourth-order valence-corrected chi connectivity index (χ4v) is 4.97. The molecule has 8 heteroatoms. The summed E-state index contributed by atoms with van der Waals surface area (Å²) in [6.07, 6.45) is 1.96. The van der Waals surface area contributed by atoms with Gasteiger partial charge in [0.15, 0.2) is 18.8 Å². The first-order chi connectivity index (χ1) is 14.5. The number of ether oxygens (including phenoxy) is 1. The zero-order valence-electron chi connectivity index (χ0n) is 18.7. The van der Waals surface area contributed by atoms with Gasteiger partial charge in [0.1, 0.15) is 5.69 Å². The van der Waals surface area contributed by atoms with Gasteiger partial charge in [-0.05, 0) is 44.4 Å². The van der Waals surface area contributed by atoms with Crippen molar-refractivity contribution in [3.05, 3.63) is 52.2 Å². The maximum atomic E-state index is 12.6. The van der Waals surface area contributed by atoms with Crippen LogP contribution in [0.5, 0.6) is 0 Å². The molecule has 0 aromatic carbocycles. The van der Waals surface area contributed by atoms with Crippen LogP contribution in [-0.4, -0.2) is 53.5 Å². The average molecular weight is 438 g/mol. The molecule has 0 bridgehead atoms. The van der Waals surface area contributed by atoms with E-state index in [0.717, 1.165) is 35.8 Å². The molecule has 31 heavy (non-hydrogen) atoms. The Bertz CT molecular complexity index is 910. The van der Waals surface area contributed by atoms with E-state index < -0.39 is 12.8 Å². The van der Waals surface area contributed by atoms with E-state index in [-0.39, 0.29) is 17.5 Å². The summed E-state index contributed by atoms with van der Waals surface area (Å²) in [5.41, 5.74) is 4.08. The number of carbonyl (C=O) groups excluding carboxylic acids is 1. The molecule has 0 aliphatic carbocycles. The van der Waals surface area contributed by atoms with Gasteiger partial charge in [-0.15, -0.1) is 0 Å². The van der Waals surface area contributed by atoms with Crippen LogP contribution in [-0.2, 0) is 16.8 Å². The Morgan fingerprint density at radius 1 is 1.35 bits per heavy atom. The number of alkyl halides is 3. The first kappa shape index (κ1) is 23.3. The Hall–Kier alpha value is -2.35. The number of likely N-dealkylation sites (N-methyl/N-ethyl adjacent to an activating group) is 1. The molecule has 170 valence electrons. The molecule has 0 radical (unpaired) electrons. The van der Waals surface area contributed by atoms with Crippen LogP contribution in [0.3, 0.4) is 0 Å².